The SMILES string of the molecule is CCC(C)(C)C(=O)Nc1ccc(O)cc1.CCC(C)(C)C(=O)OC(C)(C)C(O)(C(F)(F)F)C(F)(F)F.CCC(C)(C)C(=O)OC(C)(C)C(O)(C(F)(F)F)C(F)(F)F.CCC(C)(C)C(=O)OC(C)(C)C(O)(C(F)(F)F)C(F)(F)F.CCC(C)(C)C(=O)Oc1ccc(O)cc1.CCC(C)c1ccc(O)cc1. The summed E-state index contributed by atoms with van der Waals surface area (Å²) in [4.78, 5) is 58.7. The van der Waals surface area contributed by atoms with Gasteiger partial charge < -0.3 is 54.9 Å². The third-order valence-electron chi connectivity index (χ3n) is 17.6. The van der Waals surface area contributed by atoms with Crippen molar-refractivity contribution in [1.82, 2.24) is 0 Å². The zero-order valence-electron chi connectivity index (χ0n) is 62.4. The maximum absolute atomic E-state index is 12.8. The lowest BCUT2D eigenvalue weighted by Gasteiger charge is -2.44. The van der Waals surface area contributed by atoms with E-state index in [0.29, 0.717) is 64.6 Å². The minimum absolute atomic E-state index is 0.00399. The van der Waals surface area contributed by atoms with Gasteiger partial charge in [-0.25, -0.2) is 0 Å². The van der Waals surface area contributed by atoms with Gasteiger partial charge in [0.2, 0.25) is 5.91 Å². The number of alkyl halides is 18. The highest BCUT2D eigenvalue weighted by Gasteiger charge is 2.81. The minimum Gasteiger partial charge on any atom is -0.508 e. The van der Waals surface area contributed by atoms with Crippen molar-refractivity contribution in [2.45, 2.75) is 274 Å². The van der Waals surface area contributed by atoms with Crippen molar-refractivity contribution < 1.29 is 153 Å². The van der Waals surface area contributed by atoms with Gasteiger partial charge in [-0.2, -0.15) is 79.0 Å². The lowest BCUT2D eigenvalue weighted by atomic mass is 9.83. The Balaban J connectivity index is -0.00000119. The maximum Gasteiger partial charge on any atom is 0.430 e. The fourth-order valence-corrected chi connectivity index (χ4v) is 7.24. The summed E-state index contributed by atoms with van der Waals surface area (Å²) < 4.78 is 248. The van der Waals surface area contributed by atoms with Crippen LogP contribution in [0.3, 0.4) is 0 Å². The molecule has 1 amide bonds. The second-order valence-corrected chi connectivity index (χ2v) is 28.8. The van der Waals surface area contributed by atoms with Crippen LogP contribution in [0.4, 0.5) is 84.7 Å². The number of aromatic hydroxyl groups is 3. The standard InChI is InChI=1S/3C12H18F6O3.C12H17NO2.C12H16O3.C10H14O/c3*1-6-8(2,3)7(19)21-9(4,5)10(20,11(13,14)15)12(16,17)18;1-4-12(2,3)11(15)13-9-5-7-10(14)8-6-9;1-4-12(2,3)11(14)15-10-7-5-9(13)6-8-10;1-3-8(2)9-4-6-10(11)7-5-9/h3*20H,6H2,1-5H3;5-8,14H,4H2,1-3H3,(H,13,15);5-8,13H,4H2,1-3H3;4-8,11H,3H2,1-2H3. The average Bonchev–Trinajstić information content (AvgIpc) is 0.743. The summed E-state index contributed by atoms with van der Waals surface area (Å²) in [6.45, 7) is 30.4. The molecule has 0 aliphatic heterocycles. The number of anilines is 1. The molecule has 0 aliphatic carbocycles. The van der Waals surface area contributed by atoms with Gasteiger partial charge in [0.1, 0.15) is 23.0 Å². The van der Waals surface area contributed by atoms with Crippen LogP contribution in [-0.4, -0.2) is 131 Å². The van der Waals surface area contributed by atoms with Crippen molar-refractivity contribution in [3.63, 3.8) is 0 Å². The van der Waals surface area contributed by atoms with Crippen LogP contribution in [-0.2, 0) is 38.2 Å². The van der Waals surface area contributed by atoms with Gasteiger partial charge >= 0.3 is 60.9 Å². The Bertz CT molecular complexity index is 2890. The molecule has 3 rings (SSSR count). The molecule has 0 bridgehead atoms. The molecule has 0 aliphatic rings. The van der Waals surface area contributed by atoms with E-state index >= 15 is 0 Å². The predicted molar refractivity (Wildman–Crippen MR) is 349 cm³/mol. The Labute approximate surface area is 594 Å². The molecule has 0 spiro atoms. The van der Waals surface area contributed by atoms with E-state index in [4.69, 9.17) is 20.1 Å². The van der Waals surface area contributed by atoms with E-state index in [2.05, 4.69) is 33.4 Å². The first-order chi connectivity index (χ1) is 46.0. The molecule has 16 nitrogen and oxygen atoms in total. The van der Waals surface area contributed by atoms with Crippen LogP contribution >= 0.6 is 0 Å². The second kappa shape index (κ2) is 36.6. The highest BCUT2D eigenvalue weighted by Crippen LogP contribution is 2.54. The fourth-order valence-electron chi connectivity index (χ4n) is 7.24. The molecule has 0 aromatic heterocycles. The highest BCUT2D eigenvalue weighted by molar-refractivity contribution is 5.94. The molecule has 0 saturated heterocycles. The van der Waals surface area contributed by atoms with Crippen molar-refractivity contribution in [1.29, 1.82) is 0 Å². The number of amides is 1. The van der Waals surface area contributed by atoms with Gasteiger partial charge in [0, 0.05) is 11.1 Å². The summed E-state index contributed by atoms with van der Waals surface area (Å²) in [5, 5.41) is 57.8. The third-order valence-corrected chi connectivity index (χ3v) is 17.6. The Morgan fingerprint density at radius 2 is 0.558 bits per heavy atom. The van der Waals surface area contributed by atoms with E-state index in [1.54, 1.807) is 48.5 Å². The Hall–Kier alpha value is -6.97. The van der Waals surface area contributed by atoms with Gasteiger partial charge in [0.15, 0.2) is 16.8 Å². The number of aliphatic hydroxyl groups is 3. The van der Waals surface area contributed by atoms with E-state index in [1.807, 2.05) is 53.7 Å². The molecule has 34 heteroatoms. The molecular weight excluding hydrogens is 1440 g/mol. The quantitative estimate of drug-likeness (QED) is 0.0183. The first kappa shape index (κ1) is 101. The summed E-state index contributed by atoms with van der Waals surface area (Å²) in [6.07, 6.45) is -33.3. The largest absolute Gasteiger partial charge is 0.508 e. The van der Waals surface area contributed by atoms with E-state index in [1.165, 1.54) is 80.0 Å². The first-order valence-corrected chi connectivity index (χ1v) is 32.1. The van der Waals surface area contributed by atoms with Crippen LogP contribution in [0.15, 0.2) is 72.8 Å². The van der Waals surface area contributed by atoms with Gasteiger partial charge in [0.05, 0.1) is 21.7 Å². The molecule has 3 aromatic rings. The molecule has 0 heterocycles. The van der Waals surface area contributed by atoms with Crippen LogP contribution in [0, 0.1) is 27.1 Å². The second-order valence-electron chi connectivity index (χ2n) is 28.8. The van der Waals surface area contributed by atoms with Crippen LogP contribution in [0.5, 0.6) is 23.0 Å². The Morgan fingerprint density at radius 1 is 0.346 bits per heavy atom. The minimum atomic E-state index is -6.06. The number of esters is 4. The fraction of sp³-hybridized carbons (Fsp3) is 0.671. The summed E-state index contributed by atoms with van der Waals surface area (Å²) in [7, 11) is 0. The average molecular weight is 1540 g/mol. The van der Waals surface area contributed by atoms with Crippen molar-refractivity contribution in [2.75, 3.05) is 5.32 Å². The van der Waals surface area contributed by atoms with Crippen molar-refractivity contribution in [3.8, 4) is 23.0 Å². The summed E-state index contributed by atoms with van der Waals surface area (Å²) in [6, 6.07) is 20.0. The van der Waals surface area contributed by atoms with Crippen molar-refractivity contribution in [2.24, 2.45) is 27.1 Å². The monoisotopic (exact) mass is 1540 g/mol. The van der Waals surface area contributed by atoms with E-state index in [0.717, 1.165) is 19.3 Å². The Morgan fingerprint density at radius 3 is 0.769 bits per heavy atom. The van der Waals surface area contributed by atoms with E-state index < -0.39 is 110 Å². The van der Waals surface area contributed by atoms with E-state index in [9.17, 15) is 118 Å². The zero-order chi connectivity index (χ0) is 83.7. The number of rotatable bonds is 20. The number of nitrogens with one attached hydrogen (secondary N) is 1. The lowest BCUT2D eigenvalue weighted by molar-refractivity contribution is -0.408. The van der Waals surface area contributed by atoms with E-state index in [-0.39, 0.29) is 48.1 Å². The van der Waals surface area contributed by atoms with Crippen LogP contribution in [0.25, 0.3) is 0 Å². The van der Waals surface area contributed by atoms with Crippen LogP contribution < -0.4 is 10.1 Å². The molecule has 0 saturated carbocycles. The first-order valence-electron chi connectivity index (χ1n) is 32.1. The molecule has 7 N–H and O–H groups in total. The molecule has 1 atom stereocenters. The third kappa shape index (κ3) is 26.5. The highest BCUT2D eigenvalue weighted by atomic mass is 19.4. The number of benzene rings is 3. The smallest absolute Gasteiger partial charge is 0.430 e. The maximum atomic E-state index is 12.8. The lowest BCUT2D eigenvalue weighted by Crippen LogP contribution is -2.70. The number of phenolic OH excluding ortho intramolecular Hbond substituents is 3. The normalized spacial score (nSPS) is 13.7. The summed E-state index contributed by atoms with van der Waals surface area (Å²) >= 11 is 0. The number of phenols is 3. The molecule has 104 heavy (non-hydrogen) atoms. The molecule has 3 aromatic carbocycles. The summed E-state index contributed by atoms with van der Waals surface area (Å²) in [5.74, 6) is -2.29. The molecular formula is C70H101F18NO15. The number of hydrogen-bond donors (Lipinski definition) is 7. The number of hydrogen-bond acceptors (Lipinski definition) is 15. The van der Waals surface area contributed by atoms with Crippen LogP contribution in [0.2, 0.25) is 0 Å². The molecule has 0 radical (unpaired) electrons. The summed E-state index contributed by atoms with van der Waals surface area (Å²) in [5.41, 5.74) is -27.9. The van der Waals surface area contributed by atoms with Crippen molar-refractivity contribution >= 4 is 35.5 Å². The predicted octanol–water partition coefficient (Wildman–Crippen LogP) is 19.2. The van der Waals surface area contributed by atoms with Crippen LogP contribution in [0.1, 0.15) is 209 Å². The topological polar surface area (TPSA) is 256 Å². The number of carbonyl (C=O) groups is 5. The van der Waals surface area contributed by atoms with Gasteiger partial charge in [-0.15, -0.1) is 0 Å². The molecule has 1 unspecified atom stereocenters. The van der Waals surface area contributed by atoms with Gasteiger partial charge in [0.25, 0.3) is 16.8 Å². The van der Waals surface area contributed by atoms with Gasteiger partial charge in [-0.05, 0) is 208 Å². The number of halogens is 18. The van der Waals surface area contributed by atoms with Crippen molar-refractivity contribution in [3.05, 3.63) is 78.4 Å². The molecule has 0 fully saturated rings. The Kier molecular flexibility index (Phi) is 35.6. The molecule has 602 valence electrons. The van der Waals surface area contributed by atoms with Gasteiger partial charge in [-0.3, -0.25) is 24.0 Å². The van der Waals surface area contributed by atoms with Gasteiger partial charge in [-0.1, -0.05) is 74.4 Å². The zero-order valence-corrected chi connectivity index (χ0v) is 62.4. The number of carbonyl (C=O) groups excluding carboxylic acids is 5. The number of ether oxygens (including phenoxy) is 4.